The number of aromatic nitrogens is 6. The average molecular weight is 390 g/mol. The van der Waals surface area contributed by atoms with E-state index in [-0.39, 0.29) is 12.4 Å². The summed E-state index contributed by atoms with van der Waals surface area (Å²) in [5.41, 5.74) is 7.27. The van der Waals surface area contributed by atoms with Crippen molar-refractivity contribution in [1.29, 1.82) is 0 Å². The van der Waals surface area contributed by atoms with Crippen LogP contribution in [-0.2, 0) is 5.54 Å². The first-order valence-electron chi connectivity index (χ1n) is 8.34. The molecule has 9 nitrogen and oxygen atoms in total. The SMILES string of the molecule is COc1cccc(/C=C(/c2nc(C3(N)CCC3)no2)n2nnnc2C)c1.Cl. The van der Waals surface area contributed by atoms with Crippen molar-refractivity contribution >= 4 is 24.2 Å². The van der Waals surface area contributed by atoms with Crippen molar-refractivity contribution in [2.75, 3.05) is 7.11 Å². The summed E-state index contributed by atoms with van der Waals surface area (Å²) in [7, 11) is 1.62. The number of tetrazole rings is 1. The highest BCUT2D eigenvalue weighted by atomic mass is 35.5. The van der Waals surface area contributed by atoms with Crippen LogP contribution in [0.4, 0.5) is 0 Å². The molecule has 0 unspecified atom stereocenters. The summed E-state index contributed by atoms with van der Waals surface area (Å²) in [6.45, 7) is 1.80. The lowest BCUT2D eigenvalue weighted by molar-refractivity contribution is 0.229. The Kier molecular flexibility index (Phi) is 5.24. The van der Waals surface area contributed by atoms with Crippen molar-refractivity contribution in [3.63, 3.8) is 0 Å². The van der Waals surface area contributed by atoms with Crippen molar-refractivity contribution < 1.29 is 9.26 Å². The van der Waals surface area contributed by atoms with Crippen LogP contribution < -0.4 is 10.5 Å². The summed E-state index contributed by atoms with van der Waals surface area (Å²) < 4.78 is 12.3. The number of rotatable bonds is 5. The number of nitrogens with zero attached hydrogens (tertiary/aromatic N) is 6. The number of hydrogen-bond acceptors (Lipinski definition) is 8. The molecule has 3 aromatic rings. The molecule has 2 heterocycles. The van der Waals surface area contributed by atoms with Gasteiger partial charge in [-0.05, 0) is 60.4 Å². The highest BCUT2D eigenvalue weighted by Gasteiger charge is 2.39. The minimum atomic E-state index is -0.501. The van der Waals surface area contributed by atoms with E-state index in [0.29, 0.717) is 23.2 Å². The monoisotopic (exact) mass is 389 g/mol. The fraction of sp³-hybridized carbons (Fsp3) is 0.353. The molecule has 0 spiro atoms. The van der Waals surface area contributed by atoms with Crippen LogP contribution in [0.1, 0.15) is 42.4 Å². The topological polar surface area (TPSA) is 118 Å². The Bertz CT molecular complexity index is 962. The summed E-state index contributed by atoms with van der Waals surface area (Å²) in [6, 6.07) is 7.61. The number of halogens is 1. The molecule has 27 heavy (non-hydrogen) atoms. The third-order valence-electron chi connectivity index (χ3n) is 4.59. The fourth-order valence-corrected chi connectivity index (χ4v) is 2.87. The molecule has 1 saturated carbocycles. The van der Waals surface area contributed by atoms with E-state index >= 15 is 0 Å². The van der Waals surface area contributed by atoms with Gasteiger partial charge in [0.1, 0.15) is 11.4 Å². The Balaban J connectivity index is 0.00000210. The van der Waals surface area contributed by atoms with Gasteiger partial charge in [-0.3, -0.25) is 0 Å². The zero-order chi connectivity index (χ0) is 18.1. The quantitative estimate of drug-likeness (QED) is 0.705. The van der Waals surface area contributed by atoms with Crippen LogP contribution in [0.25, 0.3) is 11.8 Å². The van der Waals surface area contributed by atoms with E-state index in [0.717, 1.165) is 30.6 Å². The van der Waals surface area contributed by atoms with E-state index in [2.05, 4.69) is 25.7 Å². The van der Waals surface area contributed by atoms with E-state index in [1.165, 1.54) is 0 Å². The molecule has 1 aliphatic rings. The Hall–Kier alpha value is -2.78. The molecule has 142 valence electrons. The molecular weight excluding hydrogens is 370 g/mol. The fourth-order valence-electron chi connectivity index (χ4n) is 2.87. The highest BCUT2D eigenvalue weighted by molar-refractivity contribution is 5.85. The molecule has 0 aliphatic heterocycles. The number of ether oxygens (including phenoxy) is 1. The smallest absolute Gasteiger partial charge is 0.276 e. The first-order chi connectivity index (χ1) is 12.6. The van der Waals surface area contributed by atoms with Gasteiger partial charge >= 0.3 is 0 Å². The van der Waals surface area contributed by atoms with Crippen LogP contribution in [-0.4, -0.2) is 37.5 Å². The Morgan fingerprint density at radius 1 is 1.37 bits per heavy atom. The Morgan fingerprint density at radius 2 is 2.19 bits per heavy atom. The molecule has 0 bridgehead atoms. The lowest BCUT2D eigenvalue weighted by atomic mass is 9.77. The minimum absolute atomic E-state index is 0. The summed E-state index contributed by atoms with van der Waals surface area (Å²) >= 11 is 0. The van der Waals surface area contributed by atoms with Gasteiger partial charge in [-0.1, -0.05) is 17.3 Å². The predicted octanol–water partition coefficient (Wildman–Crippen LogP) is 2.18. The molecule has 1 fully saturated rings. The van der Waals surface area contributed by atoms with Gasteiger partial charge in [0.05, 0.1) is 12.6 Å². The lowest BCUT2D eigenvalue weighted by Crippen LogP contribution is -2.44. The van der Waals surface area contributed by atoms with E-state index in [9.17, 15) is 0 Å². The second-order valence-electron chi connectivity index (χ2n) is 6.38. The van der Waals surface area contributed by atoms with E-state index in [1.54, 1.807) is 18.7 Å². The molecule has 0 radical (unpaired) electrons. The van der Waals surface area contributed by atoms with Crippen LogP contribution in [0, 0.1) is 6.92 Å². The molecule has 2 aromatic heterocycles. The molecule has 0 atom stereocenters. The van der Waals surface area contributed by atoms with Crippen LogP contribution in [0.15, 0.2) is 28.8 Å². The van der Waals surface area contributed by atoms with Gasteiger partial charge in [0.2, 0.25) is 0 Å². The highest BCUT2D eigenvalue weighted by Crippen LogP contribution is 2.37. The summed E-state index contributed by atoms with van der Waals surface area (Å²) in [5.74, 6) is 2.18. The first kappa shape index (κ1) is 19.0. The van der Waals surface area contributed by atoms with Gasteiger partial charge in [0, 0.05) is 0 Å². The standard InChI is InChI=1S/C17H19N7O2.ClH/c1-11-20-22-23-24(11)14(10-12-5-3-6-13(9-12)25-2)15-19-16(21-26-15)17(18)7-4-8-17;/h3,5-6,9-10H,4,7-8,18H2,1-2H3;1H/b14-10-;. The number of hydrogen-bond donors (Lipinski definition) is 1. The van der Waals surface area contributed by atoms with Gasteiger partial charge in [0.25, 0.3) is 5.89 Å². The number of benzene rings is 1. The van der Waals surface area contributed by atoms with Gasteiger partial charge in [0.15, 0.2) is 11.6 Å². The maximum absolute atomic E-state index is 6.31. The molecule has 1 aliphatic carbocycles. The third kappa shape index (κ3) is 3.56. The molecule has 0 amide bonds. The first-order valence-corrected chi connectivity index (χ1v) is 8.34. The van der Waals surface area contributed by atoms with Gasteiger partial charge in [-0.2, -0.15) is 9.67 Å². The van der Waals surface area contributed by atoms with Crippen LogP contribution in [0.3, 0.4) is 0 Å². The van der Waals surface area contributed by atoms with Crippen LogP contribution in [0.2, 0.25) is 0 Å². The molecule has 0 saturated heterocycles. The summed E-state index contributed by atoms with van der Waals surface area (Å²) in [5, 5.41) is 15.8. The van der Waals surface area contributed by atoms with E-state index in [1.807, 2.05) is 30.3 Å². The van der Waals surface area contributed by atoms with Gasteiger partial charge in [-0.25, -0.2) is 0 Å². The molecule has 10 heteroatoms. The summed E-state index contributed by atoms with van der Waals surface area (Å²) in [6.07, 6.45) is 4.64. The van der Waals surface area contributed by atoms with E-state index in [4.69, 9.17) is 15.0 Å². The minimum Gasteiger partial charge on any atom is -0.497 e. The maximum Gasteiger partial charge on any atom is 0.276 e. The average Bonchev–Trinajstić information content (AvgIpc) is 3.27. The molecular formula is C17H20ClN7O2. The van der Waals surface area contributed by atoms with Gasteiger partial charge < -0.3 is 15.0 Å². The largest absolute Gasteiger partial charge is 0.497 e. The molecule has 4 rings (SSSR count). The number of aryl methyl sites for hydroxylation is 1. The number of nitrogens with two attached hydrogens (primary N) is 1. The normalized spacial score (nSPS) is 15.7. The summed E-state index contributed by atoms with van der Waals surface area (Å²) in [4.78, 5) is 4.52. The Labute approximate surface area is 162 Å². The van der Waals surface area contributed by atoms with E-state index < -0.39 is 5.54 Å². The lowest BCUT2D eigenvalue weighted by Gasteiger charge is -2.34. The van der Waals surface area contributed by atoms with Gasteiger partial charge in [-0.15, -0.1) is 17.5 Å². The second kappa shape index (κ2) is 7.45. The van der Waals surface area contributed by atoms with Crippen molar-refractivity contribution in [3.05, 3.63) is 47.4 Å². The molecule has 1 aromatic carbocycles. The van der Waals surface area contributed by atoms with Crippen molar-refractivity contribution in [3.8, 4) is 5.75 Å². The van der Waals surface area contributed by atoms with Crippen molar-refractivity contribution in [1.82, 2.24) is 30.3 Å². The van der Waals surface area contributed by atoms with Crippen LogP contribution >= 0.6 is 12.4 Å². The Morgan fingerprint density at radius 3 is 2.81 bits per heavy atom. The van der Waals surface area contributed by atoms with Crippen molar-refractivity contribution in [2.45, 2.75) is 31.7 Å². The zero-order valence-corrected chi connectivity index (χ0v) is 15.8. The third-order valence-corrected chi connectivity index (χ3v) is 4.59. The van der Waals surface area contributed by atoms with Crippen LogP contribution in [0.5, 0.6) is 5.75 Å². The predicted molar refractivity (Wildman–Crippen MR) is 100 cm³/mol. The maximum atomic E-state index is 6.31. The zero-order valence-electron chi connectivity index (χ0n) is 15.0. The second-order valence-corrected chi connectivity index (χ2v) is 6.38. The molecule has 2 N–H and O–H groups in total. The van der Waals surface area contributed by atoms with Crippen molar-refractivity contribution in [2.24, 2.45) is 5.73 Å². The number of methoxy groups -OCH3 is 1.